The summed E-state index contributed by atoms with van der Waals surface area (Å²) >= 11 is 0. The maximum absolute atomic E-state index is 10.8. The van der Waals surface area contributed by atoms with Crippen molar-refractivity contribution in [1.82, 2.24) is 11.2 Å². The van der Waals surface area contributed by atoms with E-state index in [1.54, 1.807) is 0 Å². The van der Waals surface area contributed by atoms with Crippen molar-refractivity contribution in [3.05, 3.63) is 0 Å². The molecule has 82 valence electrons. The van der Waals surface area contributed by atoms with E-state index in [1.165, 1.54) is 11.2 Å². The quantitative estimate of drug-likeness (QED) is 0.104. The molecule has 0 aliphatic heterocycles. The van der Waals surface area contributed by atoms with E-state index in [1.807, 2.05) is 0 Å². The van der Waals surface area contributed by atoms with Crippen LogP contribution in [-0.4, -0.2) is 34.4 Å². The van der Waals surface area contributed by atoms with Crippen LogP contribution in [0.15, 0.2) is 0 Å². The van der Waals surface area contributed by atoms with Crippen molar-refractivity contribution in [3.8, 4) is 0 Å². The predicted molar refractivity (Wildman–Crippen MR) is 38.8 cm³/mol. The summed E-state index contributed by atoms with van der Waals surface area (Å²) in [6.45, 7) is 0. The number of hydrogen-bond donors (Lipinski definition) is 6. The molecule has 0 amide bonds. The van der Waals surface area contributed by atoms with Gasteiger partial charge in [-0.15, -0.1) is 11.2 Å². The molecule has 0 saturated carbocycles. The average Bonchev–Trinajstić information content (AvgIpc) is 2.16. The number of rotatable bonds is 7. The number of ketones is 2. The molecule has 0 heterocycles. The minimum Gasteiger partial charge on any atom is -0.360 e. The number of nitrogens with two attached hydrogens (primary N) is 2. The fourth-order valence-corrected chi connectivity index (χ4v) is 0.479. The van der Waals surface area contributed by atoms with Crippen LogP contribution in [0.2, 0.25) is 0 Å². The van der Waals surface area contributed by atoms with Gasteiger partial charge in [-0.3, -0.25) is 9.59 Å². The number of aliphatic hydroxyl groups excluding tert-OH is 2. The molecular weight excluding hydrogens is 200 g/mol. The highest BCUT2D eigenvalue weighted by Crippen LogP contribution is 1.93. The number of carbonyl (C=O) groups excluding carboxylic acids is 2. The SMILES string of the molecule is NNOC(O)C(=O)C(=O)C(O)ONN. The van der Waals surface area contributed by atoms with Crippen molar-refractivity contribution >= 4 is 11.6 Å². The van der Waals surface area contributed by atoms with E-state index in [-0.39, 0.29) is 0 Å². The number of nitrogens with one attached hydrogen (secondary N) is 2. The van der Waals surface area contributed by atoms with Gasteiger partial charge in [0.25, 0.3) is 11.6 Å². The Morgan fingerprint density at radius 1 is 1.00 bits per heavy atom. The van der Waals surface area contributed by atoms with Gasteiger partial charge in [0.15, 0.2) is 0 Å². The lowest BCUT2D eigenvalue weighted by molar-refractivity contribution is -0.191. The van der Waals surface area contributed by atoms with E-state index in [2.05, 4.69) is 21.4 Å². The predicted octanol–water partition coefficient (Wildman–Crippen LogP) is -4.45. The third-order valence-corrected chi connectivity index (χ3v) is 1.05. The molecule has 0 saturated heterocycles. The van der Waals surface area contributed by atoms with E-state index < -0.39 is 24.1 Å². The van der Waals surface area contributed by atoms with Gasteiger partial charge in [0.2, 0.25) is 12.6 Å². The summed E-state index contributed by atoms with van der Waals surface area (Å²) in [7, 11) is 0. The fraction of sp³-hybridized carbons (Fsp3) is 0.500. The maximum Gasteiger partial charge on any atom is 0.261 e. The van der Waals surface area contributed by atoms with E-state index in [9.17, 15) is 9.59 Å². The monoisotopic (exact) mass is 210 g/mol. The summed E-state index contributed by atoms with van der Waals surface area (Å²) in [6.07, 6.45) is -4.27. The standard InChI is InChI=1S/C4H10N4O6/c5-7-13-3(11)1(9)2(10)4(12)14-8-6/h3-4,7-8,11-12H,5-6H2. The van der Waals surface area contributed by atoms with Crippen molar-refractivity contribution in [3.63, 3.8) is 0 Å². The largest absolute Gasteiger partial charge is 0.360 e. The summed E-state index contributed by atoms with van der Waals surface area (Å²) < 4.78 is 0. The van der Waals surface area contributed by atoms with Gasteiger partial charge in [0.1, 0.15) is 0 Å². The summed E-state index contributed by atoms with van der Waals surface area (Å²) in [5, 5.41) is 17.5. The van der Waals surface area contributed by atoms with E-state index in [0.29, 0.717) is 0 Å². The second-order valence-corrected chi connectivity index (χ2v) is 1.90. The van der Waals surface area contributed by atoms with Crippen molar-refractivity contribution in [2.75, 3.05) is 0 Å². The number of hydrazine groups is 2. The number of aliphatic hydroxyl groups is 2. The van der Waals surface area contributed by atoms with Gasteiger partial charge in [-0.25, -0.2) is 21.4 Å². The van der Waals surface area contributed by atoms with Gasteiger partial charge in [-0.2, -0.15) is 0 Å². The van der Waals surface area contributed by atoms with Crippen molar-refractivity contribution in [1.29, 1.82) is 0 Å². The molecule has 0 aromatic carbocycles. The Labute approximate surface area is 77.6 Å². The van der Waals surface area contributed by atoms with Crippen LogP contribution in [0.1, 0.15) is 0 Å². The van der Waals surface area contributed by atoms with Gasteiger partial charge in [-0.05, 0) is 0 Å². The Hall–Kier alpha value is -0.980. The van der Waals surface area contributed by atoms with Crippen LogP contribution >= 0.6 is 0 Å². The molecule has 2 atom stereocenters. The van der Waals surface area contributed by atoms with Gasteiger partial charge < -0.3 is 10.2 Å². The molecule has 0 spiro atoms. The molecular formula is C4H10N4O6. The average molecular weight is 210 g/mol. The Balaban J connectivity index is 4.17. The summed E-state index contributed by atoms with van der Waals surface area (Å²) in [5.74, 6) is 6.25. The first kappa shape index (κ1) is 13.0. The summed E-state index contributed by atoms with van der Waals surface area (Å²) in [5.41, 5.74) is 2.98. The van der Waals surface area contributed by atoms with E-state index in [4.69, 9.17) is 10.2 Å². The molecule has 0 aliphatic carbocycles. The molecule has 0 aromatic heterocycles. The molecule has 0 radical (unpaired) electrons. The van der Waals surface area contributed by atoms with Gasteiger partial charge in [0, 0.05) is 0 Å². The normalized spacial score (nSPS) is 14.9. The highest BCUT2D eigenvalue weighted by molar-refractivity contribution is 6.39. The summed E-state index contributed by atoms with van der Waals surface area (Å²) in [4.78, 5) is 29.5. The van der Waals surface area contributed by atoms with Crippen molar-refractivity contribution < 1.29 is 29.5 Å². The number of carbonyl (C=O) groups is 2. The Morgan fingerprint density at radius 3 is 1.50 bits per heavy atom. The molecule has 0 aliphatic rings. The molecule has 0 aromatic rings. The highest BCUT2D eigenvalue weighted by atomic mass is 16.8. The minimum absolute atomic E-state index is 1.45. The van der Waals surface area contributed by atoms with Crippen molar-refractivity contribution in [2.45, 2.75) is 12.6 Å². The number of hydrogen-bond acceptors (Lipinski definition) is 10. The first-order chi connectivity index (χ1) is 6.54. The third-order valence-electron chi connectivity index (χ3n) is 1.05. The second kappa shape index (κ2) is 6.47. The zero-order valence-corrected chi connectivity index (χ0v) is 6.84. The lowest BCUT2D eigenvalue weighted by Crippen LogP contribution is -2.44. The van der Waals surface area contributed by atoms with Crippen LogP contribution in [0.5, 0.6) is 0 Å². The van der Waals surface area contributed by atoms with Crippen LogP contribution in [-0.2, 0) is 19.3 Å². The van der Waals surface area contributed by atoms with Crippen molar-refractivity contribution in [2.24, 2.45) is 11.7 Å². The van der Waals surface area contributed by atoms with Crippen LogP contribution in [0.3, 0.4) is 0 Å². The minimum atomic E-state index is -2.14. The Morgan fingerprint density at radius 2 is 1.29 bits per heavy atom. The first-order valence-corrected chi connectivity index (χ1v) is 3.21. The van der Waals surface area contributed by atoms with E-state index in [0.717, 1.165) is 0 Å². The molecule has 0 bridgehead atoms. The lowest BCUT2D eigenvalue weighted by atomic mass is 10.2. The van der Waals surface area contributed by atoms with E-state index >= 15 is 0 Å². The first-order valence-electron chi connectivity index (χ1n) is 3.21. The molecule has 0 fully saturated rings. The Kier molecular flexibility index (Phi) is 6.02. The molecule has 2 unspecified atom stereocenters. The molecule has 10 nitrogen and oxygen atoms in total. The molecule has 0 rings (SSSR count). The zero-order valence-electron chi connectivity index (χ0n) is 6.84. The molecule has 8 N–H and O–H groups in total. The lowest BCUT2D eigenvalue weighted by Gasteiger charge is -2.11. The number of Topliss-reactive ketones (excluding diaryl/α,β-unsaturated/α-hetero) is 2. The summed E-state index contributed by atoms with van der Waals surface area (Å²) in [6, 6.07) is 0. The Bertz CT molecular complexity index is 188. The van der Waals surface area contributed by atoms with Crippen LogP contribution in [0.25, 0.3) is 0 Å². The molecule has 10 heteroatoms. The van der Waals surface area contributed by atoms with Gasteiger partial charge in [0.05, 0.1) is 0 Å². The maximum atomic E-state index is 10.8. The fourth-order valence-electron chi connectivity index (χ4n) is 0.479. The highest BCUT2D eigenvalue weighted by Gasteiger charge is 2.30. The topological polar surface area (TPSA) is 169 Å². The third kappa shape index (κ3) is 3.82. The zero-order chi connectivity index (χ0) is 11.1. The van der Waals surface area contributed by atoms with Crippen LogP contribution < -0.4 is 22.9 Å². The van der Waals surface area contributed by atoms with Gasteiger partial charge >= 0.3 is 0 Å². The second-order valence-electron chi connectivity index (χ2n) is 1.90. The smallest absolute Gasteiger partial charge is 0.261 e. The van der Waals surface area contributed by atoms with Crippen LogP contribution in [0.4, 0.5) is 0 Å². The van der Waals surface area contributed by atoms with Crippen LogP contribution in [0, 0.1) is 0 Å². The molecule has 14 heavy (non-hydrogen) atoms. The van der Waals surface area contributed by atoms with Gasteiger partial charge in [-0.1, -0.05) is 0 Å².